The standard InChI is InChI=1S/C21H27NO7/c1-11(23)19-17(24)18(25)20(26)21(27,29-19)16-10-14(22)6-5-13(16)9-12-3-7-15(28-2)8-4-12/h3-8,10-11,17-20,23-27H,9,22H2,1-2H3/t11-,17+,18+,19-,20-,21-/m1/s1. The van der Waals surface area contributed by atoms with Gasteiger partial charge in [0.05, 0.1) is 13.2 Å². The minimum Gasteiger partial charge on any atom is -0.497 e. The molecule has 8 nitrogen and oxygen atoms in total. The molecule has 2 aromatic carbocycles. The fourth-order valence-electron chi connectivity index (χ4n) is 3.61. The van der Waals surface area contributed by atoms with Gasteiger partial charge in [0.15, 0.2) is 0 Å². The molecule has 1 heterocycles. The van der Waals surface area contributed by atoms with Gasteiger partial charge in [-0.3, -0.25) is 0 Å². The normalized spacial score (nSPS) is 30.7. The van der Waals surface area contributed by atoms with Crippen LogP contribution in [0.1, 0.15) is 23.6 Å². The molecule has 8 heteroatoms. The fourth-order valence-corrected chi connectivity index (χ4v) is 3.61. The van der Waals surface area contributed by atoms with E-state index in [1.54, 1.807) is 31.4 Å². The monoisotopic (exact) mass is 405 g/mol. The van der Waals surface area contributed by atoms with Crippen LogP contribution in [0.3, 0.4) is 0 Å². The van der Waals surface area contributed by atoms with E-state index in [1.807, 2.05) is 12.1 Å². The lowest BCUT2D eigenvalue weighted by atomic mass is 9.83. The van der Waals surface area contributed by atoms with Crippen molar-refractivity contribution in [3.8, 4) is 5.75 Å². The molecule has 1 aliphatic rings. The lowest BCUT2D eigenvalue weighted by molar-refractivity contribution is -0.364. The zero-order chi connectivity index (χ0) is 21.3. The number of hydrogen-bond acceptors (Lipinski definition) is 8. The van der Waals surface area contributed by atoms with Crippen molar-refractivity contribution in [2.24, 2.45) is 0 Å². The van der Waals surface area contributed by atoms with Crippen LogP contribution in [0.25, 0.3) is 0 Å². The summed E-state index contributed by atoms with van der Waals surface area (Å²) >= 11 is 0. The highest BCUT2D eigenvalue weighted by atomic mass is 16.7. The lowest BCUT2D eigenvalue weighted by Gasteiger charge is -2.47. The predicted octanol–water partition coefficient (Wildman–Crippen LogP) is -0.124. The second kappa shape index (κ2) is 8.27. The Hall–Kier alpha value is -2.20. The molecule has 1 saturated heterocycles. The van der Waals surface area contributed by atoms with Crippen LogP contribution < -0.4 is 10.5 Å². The summed E-state index contributed by atoms with van der Waals surface area (Å²) in [6.07, 6.45) is -7.31. The number of nitrogens with two attached hydrogens (primary N) is 1. The Morgan fingerprint density at radius 1 is 1.10 bits per heavy atom. The molecule has 0 spiro atoms. The number of rotatable bonds is 5. The van der Waals surface area contributed by atoms with Crippen LogP contribution in [-0.2, 0) is 16.9 Å². The highest BCUT2D eigenvalue weighted by Crippen LogP contribution is 2.40. The molecule has 0 unspecified atom stereocenters. The number of ether oxygens (including phenoxy) is 2. The topological polar surface area (TPSA) is 146 Å². The van der Waals surface area contributed by atoms with Gasteiger partial charge in [-0.25, -0.2) is 0 Å². The third-order valence-corrected chi connectivity index (χ3v) is 5.28. The van der Waals surface area contributed by atoms with Gasteiger partial charge in [-0.05, 0) is 48.7 Å². The Morgan fingerprint density at radius 3 is 2.34 bits per heavy atom. The molecule has 1 fully saturated rings. The van der Waals surface area contributed by atoms with Gasteiger partial charge < -0.3 is 40.7 Å². The summed E-state index contributed by atoms with van der Waals surface area (Å²) in [5.41, 5.74) is 7.86. The zero-order valence-electron chi connectivity index (χ0n) is 16.3. The van der Waals surface area contributed by atoms with Gasteiger partial charge in [-0.15, -0.1) is 0 Å². The predicted molar refractivity (Wildman–Crippen MR) is 105 cm³/mol. The minimum absolute atomic E-state index is 0.150. The van der Waals surface area contributed by atoms with Crippen molar-refractivity contribution in [2.45, 2.75) is 49.7 Å². The van der Waals surface area contributed by atoms with Gasteiger partial charge in [-0.1, -0.05) is 18.2 Å². The number of aliphatic hydroxyl groups is 5. The summed E-state index contributed by atoms with van der Waals surface area (Å²) in [7, 11) is 1.57. The van der Waals surface area contributed by atoms with Crippen molar-refractivity contribution in [1.82, 2.24) is 0 Å². The van der Waals surface area contributed by atoms with Crippen LogP contribution in [-0.4, -0.2) is 63.2 Å². The maximum absolute atomic E-state index is 11.3. The van der Waals surface area contributed by atoms with Gasteiger partial charge in [0.2, 0.25) is 5.79 Å². The minimum atomic E-state index is -2.38. The molecular weight excluding hydrogens is 378 g/mol. The van der Waals surface area contributed by atoms with Gasteiger partial charge >= 0.3 is 0 Å². The number of hydrogen-bond donors (Lipinski definition) is 6. The van der Waals surface area contributed by atoms with E-state index in [1.165, 1.54) is 13.0 Å². The molecule has 0 aromatic heterocycles. The largest absolute Gasteiger partial charge is 0.497 e. The van der Waals surface area contributed by atoms with E-state index in [2.05, 4.69) is 0 Å². The van der Waals surface area contributed by atoms with E-state index in [9.17, 15) is 25.5 Å². The first kappa shape index (κ1) is 21.5. The molecule has 2 aromatic rings. The summed E-state index contributed by atoms with van der Waals surface area (Å²) in [6.45, 7) is 1.36. The van der Waals surface area contributed by atoms with Crippen LogP contribution in [0.2, 0.25) is 0 Å². The SMILES string of the molecule is COc1ccc(Cc2ccc(N)cc2[C@@]2(O)O[C@H]([C@@H](C)O)[C@@H](O)[C@H](O)[C@H]2O)cc1. The highest BCUT2D eigenvalue weighted by molar-refractivity contribution is 5.48. The molecule has 0 amide bonds. The van der Waals surface area contributed by atoms with Gasteiger partial charge in [-0.2, -0.15) is 0 Å². The van der Waals surface area contributed by atoms with Crippen molar-refractivity contribution >= 4 is 5.69 Å². The van der Waals surface area contributed by atoms with Crippen LogP contribution in [0.15, 0.2) is 42.5 Å². The quantitative estimate of drug-likeness (QED) is 0.378. The number of anilines is 1. The van der Waals surface area contributed by atoms with E-state index >= 15 is 0 Å². The lowest BCUT2D eigenvalue weighted by Crippen LogP contribution is -2.65. The Balaban J connectivity index is 2.02. The average Bonchev–Trinajstić information content (AvgIpc) is 2.71. The highest BCUT2D eigenvalue weighted by Gasteiger charge is 2.55. The zero-order valence-corrected chi connectivity index (χ0v) is 16.3. The molecule has 0 bridgehead atoms. The number of methoxy groups -OCH3 is 1. The molecule has 29 heavy (non-hydrogen) atoms. The third-order valence-electron chi connectivity index (χ3n) is 5.28. The third kappa shape index (κ3) is 4.09. The first-order valence-corrected chi connectivity index (χ1v) is 9.31. The molecular formula is C21H27NO7. The first-order valence-electron chi connectivity index (χ1n) is 9.31. The molecule has 0 saturated carbocycles. The molecule has 6 atom stereocenters. The molecule has 1 aliphatic heterocycles. The van der Waals surface area contributed by atoms with Crippen molar-refractivity contribution in [1.29, 1.82) is 0 Å². The van der Waals surface area contributed by atoms with E-state index < -0.39 is 36.3 Å². The van der Waals surface area contributed by atoms with Crippen molar-refractivity contribution in [3.63, 3.8) is 0 Å². The Labute approximate surface area is 168 Å². The number of aliphatic hydroxyl groups excluding tert-OH is 4. The Bertz CT molecular complexity index is 841. The second-order valence-electron chi connectivity index (χ2n) is 7.39. The van der Waals surface area contributed by atoms with Crippen molar-refractivity contribution < 1.29 is 35.0 Å². The van der Waals surface area contributed by atoms with Gasteiger partial charge in [0, 0.05) is 11.3 Å². The second-order valence-corrected chi connectivity index (χ2v) is 7.39. The van der Waals surface area contributed by atoms with Crippen LogP contribution in [0, 0.1) is 0 Å². The Morgan fingerprint density at radius 2 is 1.76 bits per heavy atom. The Kier molecular flexibility index (Phi) is 6.13. The molecule has 0 radical (unpaired) electrons. The molecule has 7 N–H and O–H groups in total. The van der Waals surface area contributed by atoms with Crippen LogP contribution in [0.5, 0.6) is 5.75 Å². The summed E-state index contributed by atoms with van der Waals surface area (Å²) in [6, 6.07) is 12.1. The summed E-state index contributed by atoms with van der Waals surface area (Å²) < 4.78 is 10.7. The van der Waals surface area contributed by atoms with Crippen molar-refractivity contribution in [3.05, 3.63) is 59.2 Å². The van der Waals surface area contributed by atoms with E-state index in [0.717, 1.165) is 5.56 Å². The number of nitrogen functional groups attached to an aromatic ring is 1. The molecule has 158 valence electrons. The van der Waals surface area contributed by atoms with Crippen LogP contribution in [0.4, 0.5) is 5.69 Å². The van der Waals surface area contributed by atoms with Gasteiger partial charge in [0.25, 0.3) is 0 Å². The summed E-state index contributed by atoms with van der Waals surface area (Å²) in [5, 5.41) is 52.1. The smallest absolute Gasteiger partial charge is 0.222 e. The van der Waals surface area contributed by atoms with E-state index in [0.29, 0.717) is 23.4 Å². The van der Waals surface area contributed by atoms with Crippen molar-refractivity contribution in [2.75, 3.05) is 12.8 Å². The van der Waals surface area contributed by atoms with Gasteiger partial charge in [0.1, 0.15) is 30.2 Å². The van der Waals surface area contributed by atoms with E-state index in [4.69, 9.17) is 15.2 Å². The molecule has 0 aliphatic carbocycles. The average molecular weight is 405 g/mol. The fraction of sp³-hybridized carbons (Fsp3) is 0.429. The van der Waals surface area contributed by atoms with E-state index in [-0.39, 0.29) is 5.56 Å². The maximum Gasteiger partial charge on any atom is 0.222 e. The summed E-state index contributed by atoms with van der Waals surface area (Å²) in [5.74, 6) is -1.68. The first-order chi connectivity index (χ1) is 13.7. The summed E-state index contributed by atoms with van der Waals surface area (Å²) in [4.78, 5) is 0. The number of benzene rings is 2. The molecule has 3 rings (SSSR count). The maximum atomic E-state index is 11.3. The van der Waals surface area contributed by atoms with Crippen LogP contribution >= 0.6 is 0 Å².